The summed E-state index contributed by atoms with van der Waals surface area (Å²) in [5.74, 6) is 0.0959. The highest BCUT2D eigenvalue weighted by Crippen LogP contribution is 2.38. The molecule has 2 aliphatic heterocycles. The van der Waals surface area contributed by atoms with Gasteiger partial charge in [0, 0.05) is 31.3 Å². The van der Waals surface area contributed by atoms with E-state index in [4.69, 9.17) is 4.74 Å². The molecule has 0 atom stereocenters. The van der Waals surface area contributed by atoms with Crippen LogP contribution in [-0.2, 0) is 9.59 Å². The van der Waals surface area contributed by atoms with Crippen LogP contribution in [0.2, 0.25) is 0 Å². The molecule has 1 fully saturated rings. The number of para-hydroxylation sites is 1. The molecule has 2 aromatic carbocycles. The third kappa shape index (κ3) is 3.12. The van der Waals surface area contributed by atoms with E-state index in [1.165, 1.54) is 4.90 Å². The van der Waals surface area contributed by atoms with Gasteiger partial charge in [-0.05, 0) is 36.8 Å². The maximum absolute atomic E-state index is 12.7. The van der Waals surface area contributed by atoms with Crippen LogP contribution in [0.4, 0.5) is 17.1 Å². The summed E-state index contributed by atoms with van der Waals surface area (Å²) < 4.78 is 5.53. The molecule has 0 aliphatic carbocycles. The van der Waals surface area contributed by atoms with Crippen LogP contribution in [0.15, 0.2) is 42.5 Å². The Labute approximate surface area is 156 Å². The second kappa shape index (κ2) is 6.75. The minimum Gasteiger partial charge on any atom is -0.479 e. The van der Waals surface area contributed by atoms with Crippen LogP contribution in [0.25, 0.3) is 0 Å². The summed E-state index contributed by atoms with van der Waals surface area (Å²) in [6.45, 7) is 0.604. The summed E-state index contributed by atoms with van der Waals surface area (Å²) in [4.78, 5) is 39.7. The highest BCUT2D eigenvalue weighted by molar-refractivity contribution is 6.08. The summed E-state index contributed by atoms with van der Waals surface area (Å²) in [6, 6.07) is 12.3. The van der Waals surface area contributed by atoms with Crippen LogP contribution in [0, 0.1) is 0 Å². The number of hydrogen-bond donors (Lipinski definition) is 1. The summed E-state index contributed by atoms with van der Waals surface area (Å²) in [5, 5.41) is 2.85. The lowest BCUT2D eigenvalue weighted by atomic mass is 10.1. The number of carbonyl (C=O) groups is 3. The zero-order valence-electron chi connectivity index (χ0n) is 14.9. The number of fused-ring (bicyclic) bond motifs is 1. The normalized spacial score (nSPS) is 16.2. The lowest BCUT2D eigenvalue weighted by Gasteiger charge is -2.27. The fourth-order valence-electron chi connectivity index (χ4n) is 3.33. The third-order valence-corrected chi connectivity index (χ3v) is 4.81. The van der Waals surface area contributed by atoms with Crippen molar-refractivity contribution in [2.24, 2.45) is 0 Å². The molecule has 0 spiro atoms. The zero-order valence-corrected chi connectivity index (χ0v) is 14.9. The van der Waals surface area contributed by atoms with E-state index in [2.05, 4.69) is 5.32 Å². The number of ether oxygens (including phenoxy) is 1. The van der Waals surface area contributed by atoms with Gasteiger partial charge in [-0.3, -0.25) is 14.4 Å². The number of likely N-dealkylation sites (N-methyl/N-ethyl adjacent to an activating group) is 1. The van der Waals surface area contributed by atoms with Crippen molar-refractivity contribution in [1.29, 1.82) is 0 Å². The molecule has 27 heavy (non-hydrogen) atoms. The number of carbonyl (C=O) groups excluding carboxylic acids is 3. The van der Waals surface area contributed by atoms with Gasteiger partial charge in [-0.1, -0.05) is 12.1 Å². The average Bonchev–Trinajstić information content (AvgIpc) is 3.11. The quantitative estimate of drug-likeness (QED) is 0.906. The third-order valence-electron chi connectivity index (χ3n) is 4.81. The number of anilines is 3. The Hall–Kier alpha value is -3.35. The molecule has 0 bridgehead atoms. The lowest BCUT2D eigenvalue weighted by molar-refractivity contribution is -0.121. The van der Waals surface area contributed by atoms with Crippen molar-refractivity contribution in [1.82, 2.24) is 0 Å². The molecule has 7 nitrogen and oxygen atoms in total. The van der Waals surface area contributed by atoms with E-state index >= 15 is 0 Å². The van der Waals surface area contributed by atoms with Crippen LogP contribution in [0.5, 0.6) is 5.75 Å². The van der Waals surface area contributed by atoms with Gasteiger partial charge in [0.15, 0.2) is 12.4 Å². The van der Waals surface area contributed by atoms with Crippen LogP contribution in [-0.4, -0.2) is 37.9 Å². The Balaban J connectivity index is 1.59. The van der Waals surface area contributed by atoms with Gasteiger partial charge in [-0.2, -0.15) is 0 Å². The number of amides is 3. The van der Waals surface area contributed by atoms with Crippen molar-refractivity contribution in [2.75, 3.05) is 35.3 Å². The molecule has 2 aliphatic rings. The Morgan fingerprint density at radius 1 is 1.11 bits per heavy atom. The SMILES string of the molecule is CN1C(=O)COc2c(NC(=O)c3cccc(N4CCCC4=O)c3)cccc21. The molecular weight excluding hydrogens is 346 g/mol. The number of nitrogens with zero attached hydrogens (tertiary/aromatic N) is 2. The standard InChI is InChI=1S/C20H19N3O4/c1-22-16-8-3-7-15(19(16)27-12-18(22)25)21-20(26)13-5-2-6-14(11-13)23-10-4-9-17(23)24/h2-3,5-8,11H,4,9-10,12H2,1H3,(H,21,26). The zero-order chi connectivity index (χ0) is 19.0. The molecule has 1 saturated heterocycles. The predicted octanol–water partition coefficient (Wildman–Crippen LogP) is 2.42. The predicted molar refractivity (Wildman–Crippen MR) is 101 cm³/mol. The first kappa shape index (κ1) is 17.1. The fourth-order valence-corrected chi connectivity index (χ4v) is 3.33. The second-order valence-electron chi connectivity index (χ2n) is 6.55. The summed E-state index contributed by atoms with van der Waals surface area (Å²) >= 11 is 0. The molecule has 0 saturated carbocycles. The highest BCUT2D eigenvalue weighted by atomic mass is 16.5. The van der Waals surface area contributed by atoms with E-state index in [1.807, 2.05) is 6.07 Å². The van der Waals surface area contributed by atoms with Crippen molar-refractivity contribution in [3.05, 3.63) is 48.0 Å². The van der Waals surface area contributed by atoms with E-state index in [-0.39, 0.29) is 24.3 Å². The summed E-state index contributed by atoms with van der Waals surface area (Å²) in [6.07, 6.45) is 1.37. The number of rotatable bonds is 3. The summed E-state index contributed by atoms with van der Waals surface area (Å²) in [5.41, 5.74) is 2.28. The smallest absolute Gasteiger partial charge is 0.264 e. The first-order valence-electron chi connectivity index (χ1n) is 8.79. The maximum Gasteiger partial charge on any atom is 0.264 e. The van der Waals surface area contributed by atoms with Crippen LogP contribution in [0.3, 0.4) is 0 Å². The highest BCUT2D eigenvalue weighted by Gasteiger charge is 2.26. The van der Waals surface area contributed by atoms with Gasteiger partial charge in [0.1, 0.15) is 0 Å². The van der Waals surface area contributed by atoms with Crippen LogP contribution in [0.1, 0.15) is 23.2 Å². The molecule has 0 unspecified atom stereocenters. The molecule has 7 heteroatoms. The Bertz CT molecular complexity index is 941. The topological polar surface area (TPSA) is 79.0 Å². The average molecular weight is 365 g/mol. The van der Waals surface area contributed by atoms with E-state index in [0.29, 0.717) is 35.7 Å². The first-order chi connectivity index (χ1) is 13.0. The summed E-state index contributed by atoms with van der Waals surface area (Å²) in [7, 11) is 1.67. The van der Waals surface area contributed by atoms with Crippen molar-refractivity contribution in [3.63, 3.8) is 0 Å². The molecule has 1 N–H and O–H groups in total. The van der Waals surface area contributed by atoms with Gasteiger partial charge in [0.25, 0.3) is 11.8 Å². The van der Waals surface area contributed by atoms with E-state index in [0.717, 1.165) is 12.1 Å². The van der Waals surface area contributed by atoms with Gasteiger partial charge in [-0.25, -0.2) is 0 Å². The van der Waals surface area contributed by atoms with Crippen molar-refractivity contribution >= 4 is 34.8 Å². The second-order valence-corrected chi connectivity index (χ2v) is 6.55. The monoisotopic (exact) mass is 365 g/mol. The van der Waals surface area contributed by atoms with Gasteiger partial charge in [-0.15, -0.1) is 0 Å². The largest absolute Gasteiger partial charge is 0.479 e. The first-order valence-corrected chi connectivity index (χ1v) is 8.79. The number of benzene rings is 2. The molecular formula is C20H19N3O4. The Morgan fingerprint density at radius 3 is 2.70 bits per heavy atom. The Kier molecular flexibility index (Phi) is 4.27. The number of nitrogens with one attached hydrogen (secondary N) is 1. The number of hydrogen-bond acceptors (Lipinski definition) is 4. The molecule has 3 amide bonds. The van der Waals surface area contributed by atoms with Crippen molar-refractivity contribution in [2.45, 2.75) is 12.8 Å². The van der Waals surface area contributed by atoms with Gasteiger partial charge < -0.3 is 19.9 Å². The molecule has 0 radical (unpaired) electrons. The van der Waals surface area contributed by atoms with Crippen molar-refractivity contribution in [3.8, 4) is 5.75 Å². The van der Waals surface area contributed by atoms with Crippen molar-refractivity contribution < 1.29 is 19.1 Å². The lowest BCUT2D eigenvalue weighted by Crippen LogP contribution is -2.35. The Morgan fingerprint density at radius 2 is 1.93 bits per heavy atom. The van der Waals surface area contributed by atoms with Crippen LogP contribution < -0.4 is 19.9 Å². The minimum absolute atomic E-state index is 0.0665. The van der Waals surface area contributed by atoms with Gasteiger partial charge >= 0.3 is 0 Å². The molecule has 4 rings (SSSR count). The van der Waals surface area contributed by atoms with E-state index < -0.39 is 0 Å². The molecule has 138 valence electrons. The molecule has 2 heterocycles. The molecule has 0 aromatic heterocycles. The van der Waals surface area contributed by atoms with E-state index in [9.17, 15) is 14.4 Å². The maximum atomic E-state index is 12.7. The van der Waals surface area contributed by atoms with E-state index in [1.54, 1.807) is 48.3 Å². The van der Waals surface area contributed by atoms with Gasteiger partial charge in [0.05, 0.1) is 11.4 Å². The van der Waals surface area contributed by atoms with Gasteiger partial charge in [0.2, 0.25) is 5.91 Å². The van der Waals surface area contributed by atoms with Crippen LogP contribution >= 0.6 is 0 Å². The fraction of sp³-hybridized carbons (Fsp3) is 0.250. The minimum atomic E-state index is -0.306. The molecule has 2 aromatic rings.